The Morgan fingerprint density at radius 3 is 1.20 bits per heavy atom. The number of rotatable bonds is 42. The zero-order chi connectivity index (χ0) is 47.4. The van der Waals surface area contributed by atoms with Gasteiger partial charge in [0.15, 0.2) is 18.5 Å². The number of aliphatic hydroxyl groups excluding tert-OH is 4. The molecule has 15 nitrogen and oxygen atoms in total. The van der Waals surface area contributed by atoms with E-state index in [0.717, 1.165) is 77.0 Å². The van der Waals surface area contributed by atoms with Crippen LogP contribution in [0.2, 0.25) is 0 Å². The number of hydrogen-bond acceptors (Lipinski definition) is 12. The monoisotopic (exact) mass is 938 g/mol. The Bertz CT molecular complexity index is 1220. The van der Waals surface area contributed by atoms with Crippen molar-refractivity contribution < 1.29 is 67.9 Å². The molecule has 8 atom stereocenters. The van der Waals surface area contributed by atoms with Gasteiger partial charge in [0.1, 0.15) is 12.1 Å². The second kappa shape index (κ2) is 38.3. The minimum absolute atomic E-state index is 0.314. The van der Waals surface area contributed by atoms with Gasteiger partial charge in [0.25, 0.3) is 0 Å². The van der Waals surface area contributed by atoms with Crippen molar-refractivity contribution in [1.82, 2.24) is 5.32 Å². The summed E-state index contributed by atoms with van der Waals surface area (Å²) in [6.07, 6.45) is 18.6. The van der Waals surface area contributed by atoms with Crippen LogP contribution in [-0.2, 0) is 37.7 Å². The van der Waals surface area contributed by atoms with Crippen LogP contribution in [0.15, 0.2) is 0 Å². The van der Waals surface area contributed by atoms with Crippen molar-refractivity contribution in [1.29, 1.82) is 0 Å². The van der Waals surface area contributed by atoms with E-state index in [9.17, 15) is 49.2 Å². The summed E-state index contributed by atoms with van der Waals surface area (Å²) in [4.78, 5) is 59.9. The molecular weight excluding hydrogens is 845 g/mol. The molecule has 1 heterocycles. The number of amides is 1. The van der Waals surface area contributed by atoms with E-state index in [1.165, 1.54) is 77.0 Å². The zero-order valence-electron chi connectivity index (χ0n) is 40.1. The number of nitrogens with one attached hydrogen (secondary N) is 1. The molecule has 0 aromatic rings. The van der Waals surface area contributed by atoms with E-state index in [2.05, 4.69) is 26.1 Å². The highest BCUT2D eigenvalue weighted by molar-refractivity contribution is 7.46. The van der Waals surface area contributed by atoms with Crippen LogP contribution in [0, 0.1) is 0 Å². The van der Waals surface area contributed by atoms with Crippen LogP contribution in [0.4, 0.5) is 0 Å². The first kappa shape index (κ1) is 60.3. The number of aliphatic hydroxyl groups is 4. The Hall–Kier alpha value is -1.68. The van der Waals surface area contributed by atoms with Crippen molar-refractivity contribution >= 4 is 25.7 Å². The predicted octanol–water partition coefficient (Wildman–Crippen LogP) is 9.14. The standard InChI is InChI=1S/C48H92NO14P/c1-4-7-10-13-16-19-22-25-28-31-38(51)34-42(54)49-45-47(62-44(56)36-40(53)33-30-27-24-21-18-15-12-9-6-3)46(41(37-50)60-48(45)63-64(57,58)59)61-43(55)35-39(52)32-29-26-23-20-17-14-11-8-5-2/h38-41,45-48,50-53H,4-37H2,1-3H3,(H,49,54)(H2,57,58,59)/t38-,39-,40-,41?,45?,46-,47-,48+/m1/s1. The molecule has 0 spiro atoms. The highest BCUT2D eigenvalue weighted by Crippen LogP contribution is 2.41. The molecular formula is C48H92NO14P. The number of carbonyl (C=O) groups is 3. The Morgan fingerprint density at radius 2 is 0.859 bits per heavy atom. The maximum absolute atomic E-state index is 13.5. The Labute approximate surface area is 386 Å². The maximum Gasteiger partial charge on any atom is 0.472 e. The number of phosphoric acid groups is 1. The third-order valence-electron chi connectivity index (χ3n) is 12.1. The van der Waals surface area contributed by atoms with Gasteiger partial charge in [0.2, 0.25) is 5.91 Å². The SMILES string of the molecule is CCCCCCCCCCC[C@@H](O)CC(=O)NC1[C@H](OP(=O)(O)O)OC(CO)[C@@H](OC(=O)C[C@H](O)CCCCCCCCCCC)[C@@H]1OC(=O)C[C@H](O)CCCCCCCCCCC. The zero-order valence-corrected chi connectivity index (χ0v) is 41.0. The summed E-state index contributed by atoms with van der Waals surface area (Å²) in [5, 5.41) is 45.2. The van der Waals surface area contributed by atoms with E-state index >= 15 is 0 Å². The lowest BCUT2D eigenvalue weighted by atomic mass is 9.95. The van der Waals surface area contributed by atoms with Crippen LogP contribution in [0.5, 0.6) is 0 Å². The third kappa shape index (κ3) is 31.3. The fraction of sp³-hybridized carbons (Fsp3) is 0.938. The van der Waals surface area contributed by atoms with Crippen molar-refractivity contribution in [2.45, 2.75) is 282 Å². The largest absolute Gasteiger partial charge is 0.472 e. The molecule has 16 heteroatoms. The van der Waals surface area contributed by atoms with Crippen LogP contribution >= 0.6 is 7.82 Å². The summed E-state index contributed by atoms with van der Waals surface area (Å²) in [5.41, 5.74) is 0. The smallest absolute Gasteiger partial charge is 0.456 e. The van der Waals surface area contributed by atoms with E-state index in [1.807, 2.05) is 0 Å². The minimum atomic E-state index is -5.34. The molecule has 1 aliphatic heterocycles. The lowest BCUT2D eigenvalue weighted by Gasteiger charge is -2.45. The molecule has 0 aromatic carbocycles. The van der Waals surface area contributed by atoms with Crippen LogP contribution < -0.4 is 5.32 Å². The lowest BCUT2D eigenvalue weighted by Crippen LogP contribution is -2.66. The van der Waals surface area contributed by atoms with Gasteiger partial charge in [0, 0.05) is 0 Å². The van der Waals surface area contributed by atoms with Gasteiger partial charge in [-0.1, -0.05) is 194 Å². The molecule has 7 N–H and O–H groups in total. The average Bonchev–Trinajstić information content (AvgIpc) is 3.23. The lowest BCUT2D eigenvalue weighted by molar-refractivity contribution is -0.260. The van der Waals surface area contributed by atoms with Gasteiger partial charge in [0.05, 0.1) is 44.2 Å². The molecule has 0 aromatic heterocycles. The molecule has 0 aliphatic carbocycles. The van der Waals surface area contributed by atoms with Crippen LogP contribution in [0.1, 0.15) is 233 Å². The molecule has 1 rings (SSSR count). The summed E-state index contributed by atoms with van der Waals surface area (Å²) in [6.45, 7) is 5.65. The topological polar surface area (TPSA) is 239 Å². The quantitative estimate of drug-likeness (QED) is 0.0172. The molecule has 64 heavy (non-hydrogen) atoms. The highest BCUT2D eigenvalue weighted by atomic mass is 31.2. The van der Waals surface area contributed by atoms with E-state index in [-0.39, 0.29) is 0 Å². The number of carbonyl (C=O) groups excluding carboxylic acids is 3. The molecule has 2 unspecified atom stereocenters. The Morgan fingerprint density at radius 1 is 0.531 bits per heavy atom. The first-order valence-corrected chi connectivity index (χ1v) is 27.0. The molecule has 1 aliphatic rings. The second-order valence-corrected chi connectivity index (χ2v) is 19.4. The van der Waals surface area contributed by atoms with E-state index < -0.39 is 100 Å². The van der Waals surface area contributed by atoms with Crippen molar-refractivity contribution in [2.24, 2.45) is 0 Å². The summed E-state index contributed by atoms with van der Waals surface area (Å²) in [6, 6.07) is -1.70. The van der Waals surface area contributed by atoms with E-state index in [0.29, 0.717) is 38.5 Å². The second-order valence-electron chi connectivity index (χ2n) is 18.2. The molecule has 1 fully saturated rings. The van der Waals surface area contributed by atoms with E-state index in [1.54, 1.807) is 0 Å². The molecule has 378 valence electrons. The number of unbranched alkanes of at least 4 members (excludes halogenated alkanes) is 24. The molecule has 0 saturated carbocycles. The Balaban J connectivity index is 3.09. The fourth-order valence-electron chi connectivity index (χ4n) is 8.33. The van der Waals surface area contributed by atoms with Gasteiger partial charge < -0.3 is 49.7 Å². The highest BCUT2D eigenvalue weighted by Gasteiger charge is 2.53. The van der Waals surface area contributed by atoms with Crippen molar-refractivity contribution in [3.8, 4) is 0 Å². The van der Waals surface area contributed by atoms with Crippen LogP contribution in [0.25, 0.3) is 0 Å². The van der Waals surface area contributed by atoms with Gasteiger partial charge >= 0.3 is 19.8 Å². The maximum atomic E-state index is 13.5. The molecule has 0 radical (unpaired) electrons. The van der Waals surface area contributed by atoms with Gasteiger partial charge in [-0.3, -0.25) is 18.9 Å². The van der Waals surface area contributed by atoms with Gasteiger partial charge in [-0.2, -0.15) is 0 Å². The third-order valence-corrected chi connectivity index (χ3v) is 12.6. The molecule has 1 amide bonds. The Kier molecular flexibility index (Phi) is 36.1. The summed E-state index contributed by atoms with van der Waals surface area (Å²) >= 11 is 0. The minimum Gasteiger partial charge on any atom is -0.456 e. The fourth-order valence-corrected chi connectivity index (χ4v) is 8.78. The van der Waals surface area contributed by atoms with Gasteiger partial charge in [-0.05, 0) is 19.3 Å². The number of phosphoric ester groups is 1. The summed E-state index contributed by atoms with van der Waals surface area (Å²) in [5.74, 6) is -2.66. The number of esters is 2. The van der Waals surface area contributed by atoms with Crippen molar-refractivity contribution in [2.75, 3.05) is 6.61 Å². The normalized spacial score (nSPS) is 20.4. The number of hydrogen-bond donors (Lipinski definition) is 7. The van der Waals surface area contributed by atoms with E-state index in [4.69, 9.17) is 18.7 Å². The van der Waals surface area contributed by atoms with Crippen LogP contribution in [-0.4, -0.2) is 104 Å². The first-order valence-electron chi connectivity index (χ1n) is 25.5. The van der Waals surface area contributed by atoms with Crippen molar-refractivity contribution in [3.63, 3.8) is 0 Å². The number of ether oxygens (including phenoxy) is 3. The summed E-state index contributed by atoms with van der Waals surface area (Å²) in [7, 11) is -5.34. The molecule has 0 bridgehead atoms. The van der Waals surface area contributed by atoms with Gasteiger partial charge in [-0.25, -0.2) is 4.57 Å². The predicted molar refractivity (Wildman–Crippen MR) is 248 cm³/mol. The van der Waals surface area contributed by atoms with Gasteiger partial charge in [-0.15, -0.1) is 0 Å². The summed E-state index contributed by atoms with van der Waals surface area (Å²) < 4.78 is 34.3. The molecule has 1 saturated heterocycles. The van der Waals surface area contributed by atoms with Crippen LogP contribution in [0.3, 0.4) is 0 Å². The van der Waals surface area contributed by atoms with Crippen molar-refractivity contribution in [3.05, 3.63) is 0 Å². The average molecular weight is 938 g/mol. The first-order chi connectivity index (χ1) is 30.7.